The van der Waals surface area contributed by atoms with Gasteiger partial charge in [-0.3, -0.25) is 0 Å². The van der Waals surface area contributed by atoms with Gasteiger partial charge in [0.15, 0.2) is 0 Å². The zero-order valence-corrected chi connectivity index (χ0v) is 8.90. The molecule has 2 aliphatic rings. The van der Waals surface area contributed by atoms with E-state index in [4.69, 9.17) is 0 Å². The molecule has 0 bridgehead atoms. The van der Waals surface area contributed by atoms with E-state index in [1.165, 1.54) is 38.5 Å². The molecule has 1 heterocycles. The van der Waals surface area contributed by atoms with Crippen LogP contribution in [0.25, 0.3) is 0 Å². The summed E-state index contributed by atoms with van der Waals surface area (Å²) in [5.74, 6) is 0.913. The molecule has 0 aromatic rings. The predicted molar refractivity (Wildman–Crippen MR) is 55.8 cm³/mol. The van der Waals surface area contributed by atoms with Crippen molar-refractivity contribution in [3.63, 3.8) is 0 Å². The van der Waals surface area contributed by atoms with E-state index in [2.05, 4.69) is 19.2 Å². The van der Waals surface area contributed by atoms with Crippen LogP contribution in [0, 0.1) is 5.92 Å². The maximum Gasteiger partial charge on any atom is 0.0210 e. The quantitative estimate of drug-likeness (QED) is 0.615. The van der Waals surface area contributed by atoms with Gasteiger partial charge < -0.3 is 10.8 Å². The van der Waals surface area contributed by atoms with E-state index in [1.807, 2.05) is 0 Å². The zero-order valence-electron chi connectivity index (χ0n) is 8.90. The van der Waals surface area contributed by atoms with Crippen LogP contribution in [0.15, 0.2) is 0 Å². The van der Waals surface area contributed by atoms with Gasteiger partial charge in [-0.05, 0) is 38.5 Å². The van der Waals surface area contributed by atoms with Crippen LogP contribution in [0.3, 0.4) is 0 Å². The number of nitrogens with one attached hydrogen (secondary N) is 1. The fraction of sp³-hybridized carbons (Fsp3) is 1.00. The zero-order chi connectivity index (χ0) is 8.60. The van der Waals surface area contributed by atoms with Crippen LogP contribution in [0.1, 0.15) is 52.4 Å². The fourth-order valence-electron chi connectivity index (χ4n) is 3.11. The van der Waals surface area contributed by atoms with Gasteiger partial charge in [0, 0.05) is 11.6 Å². The Bertz CT molecular complexity index is 167. The summed E-state index contributed by atoms with van der Waals surface area (Å²) in [6.07, 6.45) is 8.60. The molecule has 0 aromatic heterocycles. The van der Waals surface area contributed by atoms with Crippen molar-refractivity contribution in [2.45, 2.75) is 64.0 Å². The SMILES string of the molecule is CC1CCC2(CCCCC2C)N1.O. The third-order valence-corrected chi connectivity index (χ3v) is 4.01. The van der Waals surface area contributed by atoms with Gasteiger partial charge in [0.25, 0.3) is 0 Å². The highest BCUT2D eigenvalue weighted by atomic mass is 16.0. The van der Waals surface area contributed by atoms with Crippen LogP contribution in [-0.4, -0.2) is 17.1 Å². The minimum absolute atomic E-state index is 0. The molecule has 0 aromatic carbocycles. The molecule has 1 aliphatic heterocycles. The summed E-state index contributed by atoms with van der Waals surface area (Å²) in [6.45, 7) is 4.76. The Balaban J connectivity index is 0.000000845. The van der Waals surface area contributed by atoms with Gasteiger partial charge >= 0.3 is 0 Å². The maximum absolute atomic E-state index is 3.82. The van der Waals surface area contributed by atoms with Gasteiger partial charge in [-0.2, -0.15) is 0 Å². The van der Waals surface area contributed by atoms with Crippen LogP contribution in [0.5, 0.6) is 0 Å². The van der Waals surface area contributed by atoms with Crippen molar-refractivity contribution in [2.75, 3.05) is 0 Å². The Kier molecular flexibility index (Phi) is 3.36. The van der Waals surface area contributed by atoms with Gasteiger partial charge in [0.05, 0.1) is 0 Å². The second-order valence-corrected chi connectivity index (χ2v) is 4.89. The van der Waals surface area contributed by atoms with Crippen molar-refractivity contribution in [1.29, 1.82) is 0 Å². The van der Waals surface area contributed by atoms with E-state index < -0.39 is 0 Å². The largest absolute Gasteiger partial charge is 0.412 e. The average Bonchev–Trinajstić information content (AvgIpc) is 2.41. The van der Waals surface area contributed by atoms with Crippen molar-refractivity contribution in [2.24, 2.45) is 5.92 Å². The van der Waals surface area contributed by atoms with Gasteiger partial charge in [0.1, 0.15) is 0 Å². The Hall–Kier alpha value is -0.0800. The van der Waals surface area contributed by atoms with Gasteiger partial charge in [0.2, 0.25) is 0 Å². The predicted octanol–water partition coefficient (Wildman–Crippen LogP) is 1.88. The van der Waals surface area contributed by atoms with E-state index in [9.17, 15) is 0 Å². The summed E-state index contributed by atoms with van der Waals surface area (Å²) in [6, 6.07) is 0.769. The van der Waals surface area contributed by atoms with Crippen molar-refractivity contribution < 1.29 is 5.48 Å². The summed E-state index contributed by atoms with van der Waals surface area (Å²) >= 11 is 0. The molecule has 1 aliphatic carbocycles. The summed E-state index contributed by atoms with van der Waals surface area (Å²) in [5.41, 5.74) is 0.553. The molecular formula is C11H23NO. The van der Waals surface area contributed by atoms with E-state index >= 15 is 0 Å². The van der Waals surface area contributed by atoms with E-state index in [1.54, 1.807) is 0 Å². The molecule has 78 valence electrons. The Labute approximate surface area is 81.4 Å². The minimum Gasteiger partial charge on any atom is -0.412 e. The first kappa shape index (κ1) is 11.0. The average molecular weight is 185 g/mol. The lowest BCUT2D eigenvalue weighted by molar-refractivity contribution is 0.173. The third kappa shape index (κ3) is 1.89. The first-order chi connectivity index (χ1) is 5.73. The first-order valence-corrected chi connectivity index (χ1v) is 5.51. The van der Waals surface area contributed by atoms with Crippen LogP contribution in [-0.2, 0) is 0 Å². The molecule has 0 radical (unpaired) electrons. The monoisotopic (exact) mass is 185 g/mol. The van der Waals surface area contributed by atoms with Crippen molar-refractivity contribution in [3.8, 4) is 0 Å². The Morgan fingerprint density at radius 3 is 2.38 bits per heavy atom. The van der Waals surface area contributed by atoms with E-state index in [0.717, 1.165) is 12.0 Å². The van der Waals surface area contributed by atoms with Gasteiger partial charge in [-0.1, -0.05) is 19.8 Å². The third-order valence-electron chi connectivity index (χ3n) is 4.01. The topological polar surface area (TPSA) is 43.5 Å². The summed E-state index contributed by atoms with van der Waals surface area (Å²) in [5, 5.41) is 3.82. The van der Waals surface area contributed by atoms with E-state index in [0.29, 0.717) is 5.54 Å². The summed E-state index contributed by atoms with van der Waals surface area (Å²) in [4.78, 5) is 0. The lowest BCUT2D eigenvalue weighted by Gasteiger charge is -2.40. The maximum atomic E-state index is 3.82. The van der Waals surface area contributed by atoms with Crippen molar-refractivity contribution in [1.82, 2.24) is 5.32 Å². The molecular weight excluding hydrogens is 162 g/mol. The molecule has 3 unspecified atom stereocenters. The molecule has 3 N–H and O–H groups in total. The van der Waals surface area contributed by atoms with Crippen molar-refractivity contribution >= 4 is 0 Å². The molecule has 2 nitrogen and oxygen atoms in total. The second-order valence-electron chi connectivity index (χ2n) is 4.89. The number of rotatable bonds is 0. The highest BCUT2D eigenvalue weighted by molar-refractivity contribution is 5.01. The minimum atomic E-state index is 0. The van der Waals surface area contributed by atoms with Crippen LogP contribution in [0.4, 0.5) is 0 Å². The van der Waals surface area contributed by atoms with Crippen LogP contribution in [0.2, 0.25) is 0 Å². The lowest BCUT2D eigenvalue weighted by Crippen LogP contribution is -2.49. The highest BCUT2D eigenvalue weighted by Gasteiger charge is 2.42. The van der Waals surface area contributed by atoms with Crippen molar-refractivity contribution in [3.05, 3.63) is 0 Å². The molecule has 1 saturated carbocycles. The smallest absolute Gasteiger partial charge is 0.0210 e. The lowest BCUT2D eigenvalue weighted by atomic mass is 9.73. The molecule has 0 amide bonds. The molecule has 2 rings (SSSR count). The number of hydrogen-bond acceptors (Lipinski definition) is 1. The second kappa shape index (κ2) is 3.97. The Morgan fingerprint density at radius 1 is 1.08 bits per heavy atom. The highest BCUT2D eigenvalue weighted by Crippen LogP contribution is 2.40. The molecule has 13 heavy (non-hydrogen) atoms. The molecule has 1 spiro atoms. The fourth-order valence-corrected chi connectivity index (χ4v) is 3.11. The molecule has 3 atom stereocenters. The number of hydrogen-bond donors (Lipinski definition) is 1. The first-order valence-electron chi connectivity index (χ1n) is 5.51. The molecule has 2 heteroatoms. The Morgan fingerprint density at radius 2 is 1.85 bits per heavy atom. The van der Waals surface area contributed by atoms with Crippen LogP contribution < -0.4 is 5.32 Å². The van der Waals surface area contributed by atoms with Crippen LogP contribution >= 0.6 is 0 Å². The summed E-state index contributed by atoms with van der Waals surface area (Å²) in [7, 11) is 0. The standard InChI is InChI=1S/C11H21N.H2O/c1-9-5-3-4-7-11(9)8-6-10(2)12-11;/h9-10,12H,3-8H2,1-2H3;1H2. The normalized spacial score (nSPS) is 44.8. The molecule has 2 fully saturated rings. The van der Waals surface area contributed by atoms with Gasteiger partial charge in [-0.15, -0.1) is 0 Å². The van der Waals surface area contributed by atoms with Gasteiger partial charge in [-0.25, -0.2) is 0 Å². The van der Waals surface area contributed by atoms with E-state index in [-0.39, 0.29) is 5.48 Å². The summed E-state index contributed by atoms with van der Waals surface area (Å²) < 4.78 is 0. The molecule has 1 saturated heterocycles.